The molecule has 0 N–H and O–H groups in total. The Morgan fingerprint density at radius 2 is 2.20 bits per heavy atom. The number of carbonyl (C=O) groups excluding carboxylic acids is 1. The molecule has 3 nitrogen and oxygen atoms in total. The Morgan fingerprint density at radius 3 is 2.73 bits per heavy atom. The maximum atomic E-state index is 10.9. The number of rotatable bonds is 2. The quantitative estimate of drug-likeness (QED) is 0.521. The van der Waals surface area contributed by atoms with E-state index < -0.39 is 6.16 Å². The molecule has 0 fully saturated rings. The second kappa shape index (κ2) is 5.19. The smallest absolute Gasteiger partial charge is 0.438 e. The molecule has 3 atom stereocenters. The maximum absolute atomic E-state index is 10.9. The van der Waals surface area contributed by atoms with Crippen LogP contribution in [0.15, 0.2) is 11.6 Å². The van der Waals surface area contributed by atoms with Crippen LogP contribution < -0.4 is 0 Å². The summed E-state index contributed by atoms with van der Waals surface area (Å²) in [6, 6.07) is 0. The molecule has 0 amide bonds. The summed E-state index contributed by atoms with van der Waals surface area (Å²) < 4.78 is 9.47. The average molecular weight is 212 g/mol. The third-order valence-corrected chi connectivity index (χ3v) is 3.16. The highest BCUT2D eigenvalue weighted by Gasteiger charge is 2.27. The van der Waals surface area contributed by atoms with Gasteiger partial charge in [-0.25, -0.2) is 4.79 Å². The van der Waals surface area contributed by atoms with Crippen LogP contribution in [-0.4, -0.2) is 19.9 Å². The number of allylic oxidation sites excluding steroid dienone is 2. The molecule has 0 aromatic rings. The second-order valence-electron chi connectivity index (χ2n) is 4.48. The van der Waals surface area contributed by atoms with Crippen molar-refractivity contribution in [2.24, 2.45) is 17.8 Å². The van der Waals surface area contributed by atoms with E-state index in [9.17, 15) is 4.79 Å². The molecule has 0 aromatic heterocycles. The monoisotopic (exact) mass is 212 g/mol. The van der Waals surface area contributed by atoms with Gasteiger partial charge in [0.2, 0.25) is 0 Å². The van der Waals surface area contributed by atoms with Crippen LogP contribution in [-0.2, 0) is 9.47 Å². The van der Waals surface area contributed by atoms with Gasteiger partial charge in [0.15, 0.2) is 0 Å². The van der Waals surface area contributed by atoms with Gasteiger partial charge < -0.3 is 9.47 Å². The third-order valence-electron chi connectivity index (χ3n) is 3.16. The van der Waals surface area contributed by atoms with Gasteiger partial charge >= 0.3 is 6.16 Å². The minimum absolute atomic E-state index is 0.410. The average Bonchev–Trinajstić information content (AvgIpc) is 2.15. The van der Waals surface area contributed by atoms with Gasteiger partial charge in [0, 0.05) is 5.92 Å². The summed E-state index contributed by atoms with van der Waals surface area (Å²) in [5.74, 6) is 1.45. The molecule has 0 aromatic carbocycles. The molecule has 1 rings (SSSR count). The fraction of sp³-hybridized carbons (Fsp3) is 0.750. The van der Waals surface area contributed by atoms with Crippen LogP contribution in [0, 0.1) is 17.8 Å². The van der Waals surface area contributed by atoms with Crippen LogP contribution in [0.4, 0.5) is 4.79 Å². The largest absolute Gasteiger partial charge is 0.507 e. The highest BCUT2D eigenvalue weighted by molar-refractivity contribution is 5.59. The fourth-order valence-corrected chi connectivity index (χ4v) is 2.36. The Morgan fingerprint density at radius 1 is 1.53 bits per heavy atom. The Labute approximate surface area is 91.4 Å². The summed E-state index contributed by atoms with van der Waals surface area (Å²) >= 11 is 0. The molecule has 3 heteroatoms. The molecule has 0 spiro atoms. The lowest BCUT2D eigenvalue weighted by molar-refractivity contribution is 0.0434. The number of hydrogen-bond donors (Lipinski definition) is 0. The van der Waals surface area contributed by atoms with Gasteiger partial charge in [0.25, 0.3) is 0 Å². The zero-order chi connectivity index (χ0) is 11.4. The van der Waals surface area contributed by atoms with E-state index >= 15 is 0 Å². The summed E-state index contributed by atoms with van der Waals surface area (Å²) in [6.07, 6.45) is 2.78. The van der Waals surface area contributed by atoms with Crippen LogP contribution >= 0.6 is 0 Å². The zero-order valence-electron chi connectivity index (χ0n) is 9.95. The molecular weight excluding hydrogens is 192 g/mol. The Hall–Kier alpha value is -0.990. The standard InChI is InChI=1S/C12H20O3/c1-8-5-9(2)11(10(3)6-8)7-15-12(13)14-4/h5,9-11H,6-7H2,1-4H3. The number of carbonyl (C=O) groups is 1. The highest BCUT2D eigenvalue weighted by Crippen LogP contribution is 2.33. The number of hydrogen-bond acceptors (Lipinski definition) is 3. The Balaban J connectivity index is 2.50. The van der Waals surface area contributed by atoms with E-state index in [0.717, 1.165) is 6.42 Å². The Kier molecular flexibility index (Phi) is 4.18. The van der Waals surface area contributed by atoms with Crippen molar-refractivity contribution in [2.45, 2.75) is 27.2 Å². The fourth-order valence-electron chi connectivity index (χ4n) is 2.36. The molecule has 0 radical (unpaired) electrons. The van der Waals surface area contributed by atoms with Crippen molar-refractivity contribution in [3.63, 3.8) is 0 Å². The van der Waals surface area contributed by atoms with Crippen LogP contribution in [0.25, 0.3) is 0 Å². The lowest BCUT2D eigenvalue weighted by Crippen LogP contribution is -2.28. The van der Waals surface area contributed by atoms with E-state index in [2.05, 4.69) is 31.6 Å². The molecule has 0 saturated carbocycles. The van der Waals surface area contributed by atoms with Gasteiger partial charge in [0.1, 0.15) is 0 Å². The lowest BCUT2D eigenvalue weighted by Gasteiger charge is -2.32. The molecule has 0 aliphatic heterocycles. The normalized spacial score (nSPS) is 30.7. The first kappa shape index (κ1) is 12.1. The van der Waals surface area contributed by atoms with Gasteiger partial charge in [-0.05, 0) is 25.2 Å². The summed E-state index contributed by atoms with van der Waals surface area (Å²) in [7, 11) is 1.33. The van der Waals surface area contributed by atoms with E-state index in [1.807, 2.05) is 0 Å². The van der Waals surface area contributed by atoms with E-state index in [4.69, 9.17) is 4.74 Å². The first-order valence-electron chi connectivity index (χ1n) is 5.42. The van der Waals surface area contributed by atoms with E-state index in [1.54, 1.807) is 0 Å². The molecule has 0 bridgehead atoms. The van der Waals surface area contributed by atoms with Gasteiger partial charge in [-0.15, -0.1) is 0 Å². The maximum Gasteiger partial charge on any atom is 0.507 e. The predicted molar refractivity (Wildman–Crippen MR) is 58.5 cm³/mol. The highest BCUT2D eigenvalue weighted by atomic mass is 16.7. The lowest BCUT2D eigenvalue weighted by atomic mass is 9.75. The summed E-state index contributed by atoms with van der Waals surface area (Å²) in [4.78, 5) is 10.9. The van der Waals surface area contributed by atoms with Crippen molar-refractivity contribution in [1.29, 1.82) is 0 Å². The second-order valence-corrected chi connectivity index (χ2v) is 4.48. The van der Waals surface area contributed by atoms with Crippen LogP contribution in [0.1, 0.15) is 27.2 Å². The van der Waals surface area contributed by atoms with Crippen molar-refractivity contribution in [3.8, 4) is 0 Å². The van der Waals surface area contributed by atoms with Gasteiger partial charge in [0.05, 0.1) is 13.7 Å². The molecule has 0 saturated heterocycles. The minimum Gasteiger partial charge on any atom is -0.438 e. The first-order chi connectivity index (χ1) is 7.04. The Bertz CT molecular complexity index is 258. The van der Waals surface area contributed by atoms with Crippen molar-refractivity contribution in [2.75, 3.05) is 13.7 Å². The van der Waals surface area contributed by atoms with Crippen LogP contribution in [0.2, 0.25) is 0 Å². The van der Waals surface area contributed by atoms with Gasteiger partial charge in [-0.3, -0.25) is 0 Å². The SMILES string of the molecule is COC(=O)OCC1C(C)C=C(C)CC1C. The van der Waals surface area contributed by atoms with Crippen molar-refractivity contribution in [3.05, 3.63) is 11.6 Å². The first-order valence-corrected chi connectivity index (χ1v) is 5.42. The zero-order valence-corrected chi connectivity index (χ0v) is 9.95. The summed E-state index contributed by atoms with van der Waals surface area (Å²) in [6.45, 7) is 6.99. The van der Waals surface area contributed by atoms with Gasteiger partial charge in [-0.1, -0.05) is 25.5 Å². The predicted octanol–water partition coefficient (Wildman–Crippen LogP) is 3.01. The molecule has 0 heterocycles. The summed E-state index contributed by atoms with van der Waals surface area (Å²) in [5, 5.41) is 0. The topological polar surface area (TPSA) is 35.5 Å². The molecule has 86 valence electrons. The molecule has 1 aliphatic rings. The number of methoxy groups -OCH3 is 1. The number of ether oxygens (including phenoxy) is 2. The molecule has 3 unspecified atom stereocenters. The summed E-state index contributed by atoms with van der Waals surface area (Å²) in [5.41, 5.74) is 1.43. The molecule has 1 aliphatic carbocycles. The van der Waals surface area contributed by atoms with Crippen molar-refractivity contribution >= 4 is 6.16 Å². The van der Waals surface area contributed by atoms with E-state index in [0.29, 0.717) is 24.4 Å². The molecule has 15 heavy (non-hydrogen) atoms. The van der Waals surface area contributed by atoms with Gasteiger partial charge in [-0.2, -0.15) is 0 Å². The van der Waals surface area contributed by atoms with Crippen LogP contribution in [0.5, 0.6) is 0 Å². The minimum atomic E-state index is -0.583. The van der Waals surface area contributed by atoms with Crippen molar-refractivity contribution < 1.29 is 14.3 Å². The van der Waals surface area contributed by atoms with E-state index in [1.165, 1.54) is 12.7 Å². The van der Waals surface area contributed by atoms with Crippen molar-refractivity contribution in [1.82, 2.24) is 0 Å². The van der Waals surface area contributed by atoms with E-state index in [-0.39, 0.29) is 0 Å². The third kappa shape index (κ3) is 3.26. The van der Waals surface area contributed by atoms with Crippen LogP contribution in [0.3, 0.4) is 0 Å². The molecular formula is C12H20O3.